The highest BCUT2D eigenvalue weighted by atomic mass is 35.5. The van der Waals surface area contributed by atoms with E-state index in [2.05, 4.69) is 4.98 Å². The van der Waals surface area contributed by atoms with Gasteiger partial charge in [-0.1, -0.05) is 18.2 Å². The molecule has 2 aromatic carbocycles. The van der Waals surface area contributed by atoms with Crippen LogP contribution in [-0.4, -0.2) is 15.9 Å². The van der Waals surface area contributed by atoms with E-state index in [1.165, 1.54) is 12.1 Å². The Morgan fingerprint density at radius 1 is 1.09 bits per heavy atom. The average Bonchev–Trinajstić information content (AvgIpc) is 2.54. The number of pyridine rings is 1. The Kier molecular flexibility index (Phi) is 5.09. The van der Waals surface area contributed by atoms with Crippen LogP contribution in [0.4, 0.5) is 4.39 Å². The van der Waals surface area contributed by atoms with Crippen molar-refractivity contribution < 1.29 is 14.3 Å². The molecule has 0 aliphatic heterocycles. The zero-order chi connectivity index (χ0) is 15.5. The molecule has 1 N–H and O–H groups in total. The van der Waals surface area contributed by atoms with Crippen LogP contribution in [0.25, 0.3) is 16.8 Å². The van der Waals surface area contributed by atoms with Gasteiger partial charge in [-0.15, -0.1) is 12.4 Å². The van der Waals surface area contributed by atoms with Crippen LogP contribution in [0, 0.1) is 5.82 Å². The van der Waals surface area contributed by atoms with Crippen molar-refractivity contribution in [1.29, 1.82) is 0 Å². The fraction of sp³-hybridized carbons (Fsp3) is 0. The van der Waals surface area contributed by atoms with Gasteiger partial charge in [-0.05, 0) is 47.4 Å². The molecule has 116 valence electrons. The van der Waals surface area contributed by atoms with E-state index in [9.17, 15) is 14.3 Å². The van der Waals surface area contributed by atoms with Crippen molar-refractivity contribution in [3.63, 3.8) is 0 Å². The van der Waals surface area contributed by atoms with Crippen LogP contribution in [0.2, 0.25) is 0 Å². The fourth-order valence-electron chi connectivity index (χ4n) is 2.17. The minimum Gasteiger partial charge on any atom is -0.507 e. The van der Waals surface area contributed by atoms with Gasteiger partial charge in [0.1, 0.15) is 11.6 Å². The lowest BCUT2D eigenvalue weighted by Crippen LogP contribution is -1.95. The number of carbonyl (C=O) groups excluding carboxylic acids is 1. The first-order valence-corrected chi connectivity index (χ1v) is 6.68. The Hall–Kier alpha value is -2.72. The average molecular weight is 330 g/mol. The molecule has 1 heterocycles. The second-order valence-electron chi connectivity index (χ2n) is 4.84. The molecule has 0 saturated carbocycles. The molecule has 3 aromatic rings. The van der Waals surface area contributed by atoms with E-state index >= 15 is 0 Å². The highest BCUT2D eigenvalue weighted by molar-refractivity contribution is 6.08. The Bertz CT molecular complexity index is 893. The summed E-state index contributed by atoms with van der Waals surface area (Å²) in [5.41, 5.74) is 0.782. The number of rotatable bonds is 3. The van der Waals surface area contributed by atoms with Gasteiger partial charge < -0.3 is 5.11 Å². The summed E-state index contributed by atoms with van der Waals surface area (Å²) >= 11 is 0. The summed E-state index contributed by atoms with van der Waals surface area (Å²) in [7, 11) is 0. The third-order valence-corrected chi connectivity index (χ3v) is 3.32. The number of phenolic OH excluding ortho intramolecular Hbond substituents is 1. The van der Waals surface area contributed by atoms with Crippen LogP contribution in [0.3, 0.4) is 0 Å². The molecule has 5 heteroatoms. The van der Waals surface area contributed by atoms with Crippen molar-refractivity contribution in [1.82, 2.24) is 4.98 Å². The van der Waals surface area contributed by atoms with Crippen molar-refractivity contribution in [2.75, 3.05) is 0 Å². The van der Waals surface area contributed by atoms with Gasteiger partial charge in [0.15, 0.2) is 5.78 Å². The second-order valence-corrected chi connectivity index (χ2v) is 4.84. The maximum Gasteiger partial charge on any atom is 0.189 e. The molecule has 23 heavy (non-hydrogen) atoms. The van der Waals surface area contributed by atoms with Crippen LogP contribution >= 0.6 is 12.4 Å². The maximum atomic E-state index is 13.2. The van der Waals surface area contributed by atoms with E-state index in [1.807, 2.05) is 24.3 Å². The van der Waals surface area contributed by atoms with E-state index < -0.39 is 11.6 Å². The van der Waals surface area contributed by atoms with E-state index in [-0.39, 0.29) is 23.7 Å². The molecule has 0 atom stereocenters. The van der Waals surface area contributed by atoms with E-state index in [0.717, 1.165) is 28.5 Å². The fourth-order valence-corrected chi connectivity index (χ4v) is 2.17. The Morgan fingerprint density at radius 3 is 2.74 bits per heavy atom. The molecular formula is C18H13ClFNO2. The molecule has 0 bridgehead atoms. The number of hydrogen-bond acceptors (Lipinski definition) is 3. The lowest BCUT2D eigenvalue weighted by molar-refractivity contribution is 0.104. The van der Waals surface area contributed by atoms with E-state index in [4.69, 9.17) is 0 Å². The van der Waals surface area contributed by atoms with E-state index in [1.54, 1.807) is 18.5 Å². The molecule has 0 saturated heterocycles. The molecule has 0 spiro atoms. The number of benzene rings is 2. The number of ketones is 1. The van der Waals surface area contributed by atoms with Gasteiger partial charge in [-0.3, -0.25) is 9.78 Å². The monoisotopic (exact) mass is 329 g/mol. The summed E-state index contributed by atoms with van der Waals surface area (Å²) in [4.78, 5) is 16.1. The van der Waals surface area contributed by atoms with Crippen LogP contribution in [0.1, 0.15) is 15.9 Å². The molecule has 0 radical (unpaired) electrons. The number of phenols is 1. The van der Waals surface area contributed by atoms with Crippen molar-refractivity contribution in [3.8, 4) is 5.75 Å². The van der Waals surface area contributed by atoms with Gasteiger partial charge in [0, 0.05) is 17.8 Å². The first kappa shape index (κ1) is 16.6. The molecule has 0 amide bonds. The normalized spacial score (nSPS) is 10.7. The van der Waals surface area contributed by atoms with Gasteiger partial charge in [-0.2, -0.15) is 0 Å². The van der Waals surface area contributed by atoms with Crippen LogP contribution < -0.4 is 0 Å². The molecule has 0 fully saturated rings. The second kappa shape index (κ2) is 7.03. The van der Waals surface area contributed by atoms with Gasteiger partial charge in [0.25, 0.3) is 0 Å². The molecule has 0 aliphatic rings. The predicted molar refractivity (Wildman–Crippen MR) is 90.4 cm³/mol. The summed E-state index contributed by atoms with van der Waals surface area (Å²) in [6.45, 7) is 0. The molecule has 0 aliphatic carbocycles. The summed E-state index contributed by atoms with van der Waals surface area (Å²) in [5, 5.41) is 11.6. The number of halogens is 2. The molecule has 1 aromatic heterocycles. The topological polar surface area (TPSA) is 50.2 Å². The number of aromatic hydroxyl groups is 1. The summed E-state index contributed by atoms with van der Waals surface area (Å²) in [5.74, 6) is -1.25. The molecular weight excluding hydrogens is 317 g/mol. The number of nitrogens with zero attached hydrogens (tertiary/aromatic N) is 1. The van der Waals surface area contributed by atoms with Gasteiger partial charge >= 0.3 is 0 Å². The number of hydrogen-bond donors (Lipinski definition) is 1. The standard InChI is InChI=1S/C18H12FNO2.ClH/c19-15-4-6-18(22)16(10-15)17(21)5-2-12-1-3-14-11-20-8-7-13(14)9-12;/h1-11,22H;1H/b5-2+;. The van der Waals surface area contributed by atoms with Crippen molar-refractivity contribution in [2.24, 2.45) is 0 Å². The lowest BCUT2D eigenvalue weighted by atomic mass is 10.1. The first-order valence-electron chi connectivity index (χ1n) is 6.68. The van der Waals surface area contributed by atoms with Crippen LogP contribution in [0.15, 0.2) is 60.9 Å². The molecule has 0 unspecified atom stereocenters. The van der Waals surface area contributed by atoms with Crippen molar-refractivity contribution in [3.05, 3.63) is 77.9 Å². The third-order valence-electron chi connectivity index (χ3n) is 3.32. The molecule has 3 nitrogen and oxygen atoms in total. The number of carbonyl (C=O) groups is 1. The Labute approximate surface area is 138 Å². The molecule has 3 rings (SSSR count). The first-order chi connectivity index (χ1) is 10.6. The summed E-state index contributed by atoms with van der Waals surface area (Å²) in [6, 6.07) is 10.9. The smallest absolute Gasteiger partial charge is 0.189 e. The van der Waals surface area contributed by atoms with Crippen LogP contribution in [-0.2, 0) is 0 Å². The summed E-state index contributed by atoms with van der Waals surface area (Å²) < 4.78 is 13.2. The maximum absolute atomic E-state index is 13.2. The predicted octanol–water partition coefficient (Wildman–Crippen LogP) is 4.40. The van der Waals surface area contributed by atoms with E-state index in [0.29, 0.717) is 0 Å². The zero-order valence-corrected chi connectivity index (χ0v) is 12.8. The van der Waals surface area contributed by atoms with Crippen molar-refractivity contribution in [2.45, 2.75) is 0 Å². The number of allylic oxidation sites excluding steroid dienone is 1. The minimum atomic E-state index is -0.562. The van der Waals surface area contributed by atoms with Gasteiger partial charge in [-0.25, -0.2) is 4.39 Å². The highest BCUT2D eigenvalue weighted by Crippen LogP contribution is 2.20. The zero-order valence-electron chi connectivity index (χ0n) is 11.9. The van der Waals surface area contributed by atoms with Crippen molar-refractivity contribution >= 4 is 35.0 Å². The Balaban J connectivity index is 0.00000192. The lowest BCUT2D eigenvalue weighted by Gasteiger charge is -2.01. The highest BCUT2D eigenvalue weighted by Gasteiger charge is 2.09. The number of aromatic nitrogens is 1. The van der Waals surface area contributed by atoms with Gasteiger partial charge in [0.05, 0.1) is 5.56 Å². The minimum absolute atomic E-state index is 0. The quantitative estimate of drug-likeness (QED) is 0.572. The third kappa shape index (κ3) is 3.73. The SMILES string of the molecule is Cl.O=C(/C=C/c1ccc2cnccc2c1)c1cc(F)ccc1O. The number of fused-ring (bicyclic) bond motifs is 1. The van der Waals surface area contributed by atoms with Gasteiger partial charge in [0.2, 0.25) is 0 Å². The Morgan fingerprint density at radius 2 is 1.91 bits per heavy atom. The largest absolute Gasteiger partial charge is 0.507 e. The van der Waals surface area contributed by atoms with Crippen LogP contribution in [0.5, 0.6) is 5.75 Å². The summed E-state index contributed by atoms with van der Waals surface area (Å²) in [6.07, 6.45) is 6.41.